The Balaban J connectivity index is 0.000000806. The van der Waals surface area contributed by atoms with Gasteiger partial charge in [0.1, 0.15) is 29.1 Å². The summed E-state index contributed by atoms with van der Waals surface area (Å²) < 4.78 is 0. The summed E-state index contributed by atoms with van der Waals surface area (Å²) in [7, 11) is 7.79. The summed E-state index contributed by atoms with van der Waals surface area (Å²) in [6.07, 6.45) is 0. The molecule has 30 heavy (non-hydrogen) atoms. The summed E-state index contributed by atoms with van der Waals surface area (Å²) in [4.78, 5) is 0. The van der Waals surface area contributed by atoms with Crippen molar-refractivity contribution < 1.29 is 15.9 Å². The first kappa shape index (κ1) is 23.6. The Kier molecular flexibility index (Phi) is 10.0. The second-order valence-electron chi connectivity index (χ2n) is 6.69. The van der Waals surface area contributed by atoms with Crippen LogP contribution in [0.1, 0.15) is 0 Å². The van der Waals surface area contributed by atoms with Crippen LogP contribution >= 0.6 is 34.9 Å². The number of halogens is 2. The van der Waals surface area contributed by atoms with Gasteiger partial charge in [-0.2, -0.15) is 0 Å². The molecule has 4 aromatic rings. The molecule has 0 nitrogen and oxygen atoms in total. The Labute approximate surface area is 198 Å². The van der Waals surface area contributed by atoms with Crippen LogP contribution in [0, 0.1) is 0 Å². The van der Waals surface area contributed by atoms with Crippen LogP contribution in [-0.4, -0.2) is 6.66 Å². The van der Waals surface area contributed by atoms with Gasteiger partial charge in [-0.3, -0.25) is 0 Å². The third-order valence-corrected chi connectivity index (χ3v) is 10.4. The van der Waals surface area contributed by atoms with E-state index in [2.05, 4.69) is 122 Å². The molecule has 0 aromatic heterocycles. The van der Waals surface area contributed by atoms with Gasteiger partial charge in [0.25, 0.3) is 0 Å². The zero-order valence-electron chi connectivity index (χ0n) is 16.5. The molecule has 0 radical (unpaired) electrons. The van der Waals surface area contributed by atoms with Gasteiger partial charge in [0.2, 0.25) is 0 Å². The van der Waals surface area contributed by atoms with Crippen molar-refractivity contribution in [2.24, 2.45) is 0 Å². The average Bonchev–Trinajstić information content (AvgIpc) is 2.82. The molecular formula is C25H24Cl2P2Pd+2. The topological polar surface area (TPSA) is 0 Å². The molecule has 0 bridgehead atoms. The maximum absolute atomic E-state index is 4.81. The first-order valence-corrected chi connectivity index (χ1v) is 17.1. The second-order valence-corrected chi connectivity index (χ2v) is 13.9. The minimum absolute atomic E-state index is 0.106. The van der Waals surface area contributed by atoms with E-state index in [9.17, 15) is 0 Å². The molecule has 0 amide bonds. The summed E-state index contributed by atoms with van der Waals surface area (Å²) >= 11 is -0.106. The van der Waals surface area contributed by atoms with Crippen LogP contribution in [-0.2, 0) is 15.9 Å². The number of benzene rings is 4. The standard InChI is InChI=1S/C25H22P2.2ClH.Pd/c1-26(21-13-5-2-6-14-21)24-19-11-12-20-25(24)27(22-15-7-3-8-16-22)23-17-9-4-10-18-23;;;/h2-20H,1H3;2*1H;/q;;;+2. The summed E-state index contributed by atoms with van der Waals surface area (Å²) in [5.74, 6) is 0. The summed E-state index contributed by atoms with van der Waals surface area (Å²) in [5.41, 5.74) is 0. The fourth-order valence-corrected chi connectivity index (χ4v) is 8.96. The molecule has 0 saturated heterocycles. The molecule has 156 valence electrons. The van der Waals surface area contributed by atoms with Crippen molar-refractivity contribution in [3.8, 4) is 0 Å². The van der Waals surface area contributed by atoms with Crippen molar-refractivity contribution in [1.29, 1.82) is 0 Å². The second kappa shape index (κ2) is 12.7. The van der Waals surface area contributed by atoms with Crippen molar-refractivity contribution in [2.75, 3.05) is 6.66 Å². The Morgan fingerprint density at radius 3 is 1.27 bits per heavy atom. The summed E-state index contributed by atoms with van der Waals surface area (Å²) in [6.45, 7) is 2.42. The normalized spacial score (nSPS) is 11.6. The molecule has 4 aromatic carbocycles. The molecule has 0 saturated carbocycles. The van der Waals surface area contributed by atoms with Gasteiger partial charge in [0.05, 0.1) is 19.9 Å². The molecule has 0 aliphatic rings. The Bertz CT molecular complexity index is 975. The average molecular weight is 564 g/mol. The maximum atomic E-state index is 4.81. The van der Waals surface area contributed by atoms with Crippen molar-refractivity contribution in [2.45, 2.75) is 0 Å². The molecule has 0 fully saturated rings. The molecular weight excluding hydrogens is 540 g/mol. The number of rotatable bonds is 5. The summed E-state index contributed by atoms with van der Waals surface area (Å²) in [6, 6.07) is 42.2. The van der Waals surface area contributed by atoms with E-state index in [4.69, 9.17) is 19.1 Å². The van der Waals surface area contributed by atoms with Gasteiger partial charge < -0.3 is 0 Å². The van der Waals surface area contributed by atoms with Crippen LogP contribution in [0.4, 0.5) is 0 Å². The SMILES string of the molecule is C[PH+](c1ccccc1)c1ccccc1[PH+](c1ccccc1)c1ccccc1.[Cl][Pd][Cl]. The zero-order valence-corrected chi connectivity index (χ0v) is 21.6. The zero-order chi connectivity index (χ0) is 21.2. The van der Waals surface area contributed by atoms with E-state index in [1.165, 1.54) is 26.5 Å². The van der Waals surface area contributed by atoms with E-state index in [0.717, 1.165) is 0 Å². The molecule has 5 heteroatoms. The molecule has 4 rings (SSSR count). The molecule has 0 spiro atoms. The molecule has 0 aliphatic carbocycles. The van der Waals surface area contributed by atoms with Gasteiger partial charge >= 0.3 is 35.0 Å². The fraction of sp³-hybridized carbons (Fsp3) is 0.0400. The van der Waals surface area contributed by atoms with Crippen LogP contribution in [0.3, 0.4) is 0 Å². The first-order chi connectivity index (χ1) is 14.8. The molecule has 1 unspecified atom stereocenters. The van der Waals surface area contributed by atoms with Crippen molar-refractivity contribution in [3.63, 3.8) is 0 Å². The van der Waals surface area contributed by atoms with Crippen LogP contribution < -0.4 is 26.5 Å². The minimum atomic E-state index is -1.03. The van der Waals surface area contributed by atoms with Crippen molar-refractivity contribution in [3.05, 3.63) is 115 Å². The van der Waals surface area contributed by atoms with Crippen molar-refractivity contribution in [1.82, 2.24) is 0 Å². The van der Waals surface area contributed by atoms with E-state index >= 15 is 0 Å². The third kappa shape index (κ3) is 6.25. The van der Waals surface area contributed by atoms with Gasteiger partial charge in [-0.05, 0) is 48.5 Å². The van der Waals surface area contributed by atoms with E-state index in [1.54, 1.807) is 0 Å². The molecule has 0 aliphatic heterocycles. The van der Waals surface area contributed by atoms with Gasteiger partial charge in [0, 0.05) is 0 Å². The van der Waals surface area contributed by atoms with Gasteiger partial charge in [-0.15, -0.1) is 0 Å². The Morgan fingerprint density at radius 2 is 0.833 bits per heavy atom. The first-order valence-electron chi connectivity index (χ1n) is 9.55. The quantitative estimate of drug-likeness (QED) is 0.227. The van der Waals surface area contributed by atoms with E-state index < -0.39 is 15.8 Å². The predicted octanol–water partition coefficient (Wildman–Crippen LogP) is 5.35. The summed E-state index contributed by atoms with van der Waals surface area (Å²) in [5, 5.41) is 7.43. The predicted molar refractivity (Wildman–Crippen MR) is 138 cm³/mol. The van der Waals surface area contributed by atoms with Gasteiger partial charge in [-0.1, -0.05) is 66.7 Å². The van der Waals surface area contributed by atoms with Gasteiger partial charge in [-0.25, -0.2) is 0 Å². The Morgan fingerprint density at radius 1 is 0.500 bits per heavy atom. The molecule has 0 N–H and O–H groups in total. The van der Waals surface area contributed by atoms with Crippen molar-refractivity contribution >= 4 is 61.4 Å². The van der Waals surface area contributed by atoms with Crippen LogP contribution in [0.2, 0.25) is 0 Å². The number of hydrogen-bond donors (Lipinski definition) is 0. The van der Waals surface area contributed by atoms with E-state index in [-0.39, 0.29) is 15.9 Å². The monoisotopic (exact) mass is 562 g/mol. The van der Waals surface area contributed by atoms with Crippen LogP contribution in [0.25, 0.3) is 0 Å². The van der Waals surface area contributed by atoms with E-state index in [0.29, 0.717) is 0 Å². The fourth-order valence-electron chi connectivity index (χ4n) is 3.56. The van der Waals surface area contributed by atoms with Gasteiger partial charge in [0.15, 0.2) is 0 Å². The molecule has 1 atom stereocenters. The molecule has 0 heterocycles. The Hall–Kier alpha value is -1.02. The third-order valence-electron chi connectivity index (χ3n) is 4.93. The number of hydrogen-bond acceptors (Lipinski definition) is 0. The van der Waals surface area contributed by atoms with Crippen LogP contribution in [0.5, 0.6) is 0 Å². The van der Waals surface area contributed by atoms with E-state index in [1.807, 2.05) is 0 Å². The van der Waals surface area contributed by atoms with Crippen LogP contribution in [0.15, 0.2) is 115 Å².